The number of benzene rings is 1. The molecular weight excluding hydrogens is 201 g/mol. The Morgan fingerprint density at radius 3 is 3.00 bits per heavy atom. The predicted octanol–water partition coefficient (Wildman–Crippen LogP) is 3.02. The van der Waals surface area contributed by atoms with Crippen molar-refractivity contribution >= 4 is 27.1 Å². The SMILES string of the molecule is CCOc1ccc(N)c2c(F)csc12. The second-order valence-electron chi connectivity index (χ2n) is 2.87. The van der Waals surface area contributed by atoms with Gasteiger partial charge in [0, 0.05) is 11.1 Å². The van der Waals surface area contributed by atoms with Gasteiger partial charge in [0.25, 0.3) is 0 Å². The van der Waals surface area contributed by atoms with Gasteiger partial charge in [0.05, 0.1) is 16.7 Å². The van der Waals surface area contributed by atoms with E-state index in [-0.39, 0.29) is 5.82 Å². The fourth-order valence-corrected chi connectivity index (χ4v) is 2.30. The topological polar surface area (TPSA) is 35.2 Å². The predicted molar refractivity (Wildman–Crippen MR) is 57.4 cm³/mol. The molecule has 0 fully saturated rings. The average molecular weight is 211 g/mol. The number of nitrogens with two attached hydrogens (primary N) is 1. The number of hydrogen-bond donors (Lipinski definition) is 1. The van der Waals surface area contributed by atoms with Gasteiger partial charge in [-0.2, -0.15) is 0 Å². The molecule has 1 aromatic heterocycles. The van der Waals surface area contributed by atoms with Crippen LogP contribution in [0.1, 0.15) is 6.92 Å². The number of thiophene rings is 1. The highest BCUT2D eigenvalue weighted by Gasteiger charge is 2.11. The Morgan fingerprint density at radius 1 is 1.50 bits per heavy atom. The molecule has 14 heavy (non-hydrogen) atoms. The zero-order chi connectivity index (χ0) is 10.1. The van der Waals surface area contributed by atoms with E-state index in [9.17, 15) is 4.39 Å². The van der Waals surface area contributed by atoms with E-state index in [0.717, 1.165) is 4.70 Å². The van der Waals surface area contributed by atoms with E-state index in [1.54, 1.807) is 12.1 Å². The van der Waals surface area contributed by atoms with Gasteiger partial charge in [0.1, 0.15) is 11.6 Å². The molecule has 2 rings (SSSR count). The minimum Gasteiger partial charge on any atom is -0.492 e. The quantitative estimate of drug-likeness (QED) is 0.775. The summed E-state index contributed by atoms with van der Waals surface area (Å²) in [6.45, 7) is 2.46. The fraction of sp³-hybridized carbons (Fsp3) is 0.200. The molecular formula is C10H10FNOS. The maximum atomic E-state index is 13.3. The maximum absolute atomic E-state index is 13.3. The second kappa shape index (κ2) is 3.46. The number of ether oxygens (including phenoxy) is 1. The Hall–Kier alpha value is -1.29. The summed E-state index contributed by atoms with van der Waals surface area (Å²) in [4.78, 5) is 0. The van der Waals surface area contributed by atoms with E-state index in [2.05, 4.69) is 0 Å². The van der Waals surface area contributed by atoms with Crippen LogP contribution in [0.15, 0.2) is 17.5 Å². The third kappa shape index (κ3) is 1.32. The van der Waals surface area contributed by atoms with Crippen LogP contribution >= 0.6 is 11.3 Å². The van der Waals surface area contributed by atoms with Crippen LogP contribution in [0.4, 0.5) is 10.1 Å². The minimum atomic E-state index is -0.274. The molecule has 0 unspecified atom stereocenters. The molecule has 0 aliphatic rings. The van der Waals surface area contributed by atoms with Crippen molar-refractivity contribution in [2.24, 2.45) is 0 Å². The summed E-state index contributed by atoms with van der Waals surface area (Å²) in [5.74, 6) is 0.426. The van der Waals surface area contributed by atoms with Crippen LogP contribution in [0.25, 0.3) is 10.1 Å². The molecule has 0 radical (unpaired) electrons. The number of fused-ring (bicyclic) bond motifs is 1. The molecule has 0 saturated carbocycles. The first-order valence-corrected chi connectivity index (χ1v) is 5.20. The van der Waals surface area contributed by atoms with E-state index in [1.165, 1.54) is 16.7 Å². The molecule has 0 amide bonds. The van der Waals surface area contributed by atoms with Crippen molar-refractivity contribution in [1.29, 1.82) is 0 Å². The third-order valence-corrected chi connectivity index (χ3v) is 2.94. The first-order chi connectivity index (χ1) is 6.74. The van der Waals surface area contributed by atoms with Gasteiger partial charge >= 0.3 is 0 Å². The number of anilines is 1. The van der Waals surface area contributed by atoms with Gasteiger partial charge in [-0.1, -0.05) is 0 Å². The average Bonchev–Trinajstić information content (AvgIpc) is 2.54. The lowest BCUT2D eigenvalue weighted by Gasteiger charge is -2.05. The third-order valence-electron chi connectivity index (χ3n) is 1.97. The van der Waals surface area contributed by atoms with Gasteiger partial charge in [-0.3, -0.25) is 0 Å². The summed E-state index contributed by atoms with van der Waals surface area (Å²) >= 11 is 1.31. The fourth-order valence-electron chi connectivity index (χ4n) is 1.38. The Labute approximate surface area is 85.1 Å². The number of hydrogen-bond acceptors (Lipinski definition) is 3. The Kier molecular flexibility index (Phi) is 2.29. The van der Waals surface area contributed by atoms with Crippen molar-refractivity contribution in [2.75, 3.05) is 12.3 Å². The highest BCUT2D eigenvalue weighted by atomic mass is 32.1. The van der Waals surface area contributed by atoms with Crippen molar-refractivity contribution in [3.63, 3.8) is 0 Å². The van der Waals surface area contributed by atoms with Gasteiger partial charge in [0.15, 0.2) is 0 Å². The normalized spacial score (nSPS) is 10.7. The van der Waals surface area contributed by atoms with Crippen molar-refractivity contribution in [3.05, 3.63) is 23.3 Å². The van der Waals surface area contributed by atoms with E-state index in [4.69, 9.17) is 10.5 Å². The standard InChI is InChI=1S/C10H10FNOS/c1-2-13-8-4-3-7(12)9-6(11)5-14-10(8)9/h3-5H,2,12H2,1H3. The summed E-state index contributed by atoms with van der Waals surface area (Å²) in [6, 6.07) is 3.44. The Morgan fingerprint density at radius 2 is 2.29 bits per heavy atom. The molecule has 0 bridgehead atoms. The lowest BCUT2D eigenvalue weighted by atomic mass is 10.2. The molecule has 0 aliphatic heterocycles. The maximum Gasteiger partial charge on any atom is 0.143 e. The van der Waals surface area contributed by atoms with Crippen molar-refractivity contribution in [1.82, 2.24) is 0 Å². The van der Waals surface area contributed by atoms with Gasteiger partial charge in [-0.05, 0) is 19.1 Å². The van der Waals surface area contributed by atoms with Gasteiger partial charge in [-0.15, -0.1) is 11.3 Å². The second-order valence-corrected chi connectivity index (χ2v) is 3.75. The van der Waals surface area contributed by atoms with Crippen LogP contribution in [-0.2, 0) is 0 Å². The van der Waals surface area contributed by atoms with Crippen LogP contribution < -0.4 is 10.5 Å². The summed E-state index contributed by atoms with van der Waals surface area (Å²) in [5, 5.41) is 1.92. The largest absolute Gasteiger partial charge is 0.492 e. The molecule has 1 aromatic carbocycles. The Bertz CT molecular complexity index is 466. The summed E-state index contributed by atoms with van der Waals surface area (Å²) in [6.07, 6.45) is 0. The number of halogens is 1. The molecule has 0 aliphatic carbocycles. The first kappa shape index (κ1) is 9.27. The highest BCUT2D eigenvalue weighted by molar-refractivity contribution is 7.17. The van der Waals surface area contributed by atoms with E-state index >= 15 is 0 Å². The molecule has 1 heterocycles. The highest BCUT2D eigenvalue weighted by Crippen LogP contribution is 2.36. The lowest BCUT2D eigenvalue weighted by Crippen LogP contribution is -1.93. The zero-order valence-electron chi connectivity index (χ0n) is 7.71. The van der Waals surface area contributed by atoms with Crippen molar-refractivity contribution in [3.8, 4) is 5.75 Å². The molecule has 0 saturated heterocycles. The van der Waals surface area contributed by atoms with Crippen molar-refractivity contribution in [2.45, 2.75) is 6.92 Å². The number of rotatable bonds is 2. The van der Waals surface area contributed by atoms with Crippen LogP contribution in [0.5, 0.6) is 5.75 Å². The monoisotopic (exact) mass is 211 g/mol. The van der Waals surface area contributed by atoms with Crippen LogP contribution in [0, 0.1) is 5.82 Å². The zero-order valence-corrected chi connectivity index (χ0v) is 8.53. The summed E-state index contributed by atoms with van der Waals surface area (Å²) < 4.78 is 19.5. The molecule has 4 heteroatoms. The molecule has 0 spiro atoms. The molecule has 2 aromatic rings. The Balaban J connectivity index is 2.70. The van der Waals surface area contributed by atoms with Gasteiger partial charge in [0.2, 0.25) is 0 Å². The smallest absolute Gasteiger partial charge is 0.143 e. The summed E-state index contributed by atoms with van der Waals surface area (Å²) in [5.41, 5.74) is 6.14. The van der Waals surface area contributed by atoms with Crippen molar-refractivity contribution < 1.29 is 9.13 Å². The van der Waals surface area contributed by atoms with Gasteiger partial charge < -0.3 is 10.5 Å². The summed E-state index contributed by atoms with van der Waals surface area (Å²) in [7, 11) is 0. The minimum absolute atomic E-state index is 0.274. The van der Waals surface area contributed by atoms with Crippen LogP contribution in [0.3, 0.4) is 0 Å². The van der Waals surface area contributed by atoms with Crippen LogP contribution in [0.2, 0.25) is 0 Å². The van der Waals surface area contributed by atoms with E-state index in [0.29, 0.717) is 23.4 Å². The molecule has 0 atom stereocenters. The van der Waals surface area contributed by atoms with E-state index < -0.39 is 0 Å². The lowest BCUT2D eigenvalue weighted by molar-refractivity contribution is 0.345. The molecule has 2 N–H and O–H groups in total. The van der Waals surface area contributed by atoms with E-state index in [1.807, 2.05) is 6.92 Å². The molecule has 74 valence electrons. The number of nitrogen functional groups attached to an aromatic ring is 1. The molecule has 2 nitrogen and oxygen atoms in total. The first-order valence-electron chi connectivity index (χ1n) is 4.32. The van der Waals surface area contributed by atoms with Gasteiger partial charge in [-0.25, -0.2) is 4.39 Å². The van der Waals surface area contributed by atoms with Crippen LogP contribution in [-0.4, -0.2) is 6.61 Å².